The Hall–Kier alpha value is -0.730. The van der Waals surface area contributed by atoms with Gasteiger partial charge in [-0.2, -0.15) is 0 Å². The van der Waals surface area contributed by atoms with Crippen molar-refractivity contribution in [2.75, 3.05) is 18.0 Å². The Morgan fingerprint density at radius 3 is 2.94 bits per heavy atom. The maximum absolute atomic E-state index is 6.09. The highest BCUT2D eigenvalue weighted by Gasteiger charge is 2.22. The third kappa shape index (κ3) is 2.93. The van der Waals surface area contributed by atoms with Crippen molar-refractivity contribution in [2.24, 2.45) is 0 Å². The molecule has 1 aliphatic heterocycles. The molecule has 0 radical (unpaired) electrons. The molecular weight excluding hydrogens is 232 g/mol. The molecule has 1 aliphatic rings. The first kappa shape index (κ1) is 12.7. The van der Waals surface area contributed by atoms with Gasteiger partial charge in [-0.15, -0.1) is 0 Å². The molecular formula is C14H21ClN2. The molecule has 1 atom stereocenters. The molecule has 0 amide bonds. The van der Waals surface area contributed by atoms with Gasteiger partial charge in [0.25, 0.3) is 0 Å². The zero-order chi connectivity index (χ0) is 12.3. The van der Waals surface area contributed by atoms with E-state index in [9.17, 15) is 0 Å². The van der Waals surface area contributed by atoms with E-state index >= 15 is 0 Å². The molecule has 94 valence electrons. The Morgan fingerprint density at radius 2 is 2.29 bits per heavy atom. The second kappa shape index (κ2) is 5.74. The summed E-state index contributed by atoms with van der Waals surface area (Å²) >= 11 is 6.09. The van der Waals surface area contributed by atoms with E-state index in [0.29, 0.717) is 6.04 Å². The Labute approximate surface area is 109 Å². The summed E-state index contributed by atoms with van der Waals surface area (Å²) in [4.78, 5) is 2.50. The van der Waals surface area contributed by atoms with Crippen molar-refractivity contribution in [3.05, 3.63) is 28.8 Å². The largest absolute Gasteiger partial charge is 0.369 e. The summed E-state index contributed by atoms with van der Waals surface area (Å²) < 4.78 is 0. The lowest BCUT2D eigenvalue weighted by Gasteiger charge is -2.26. The summed E-state index contributed by atoms with van der Waals surface area (Å²) in [6.07, 6.45) is 2.59. The number of hydrogen-bond donors (Lipinski definition) is 1. The smallest absolute Gasteiger partial charge is 0.0415 e. The molecule has 0 bridgehead atoms. The lowest BCUT2D eigenvalue weighted by atomic mass is 10.1. The van der Waals surface area contributed by atoms with Crippen molar-refractivity contribution in [3.8, 4) is 0 Å². The van der Waals surface area contributed by atoms with E-state index in [1.54, 1.807) is 0 Å². The van der Waals surface area contributed by atoms with Crippen LogP contribution in [0.25, 0.3) is 0 Å². The molecule has 1 saturated heterocycles. The Morgan fingerprint density at radius 1 is 1.47 bits per heavy atom. The quantitative estimate of drug-likeness (QED) is 0.883. The van der Waals surface area contributed by atoms with Gasteiger partial charge < -0.3 is 10.2 Å². The minimum Gasteiger partial charge on any atom is -0.369 e. The van der Waals surface area contributed by atoms with E-state index in [2.05, 4.69) is 36.2 Å². The topological polar surface area (TPSA) is 15.3 Å². The zero-order valence-corrected chi connectivity index (χ0v) is 11.4. The van der Waals surface area contributed by atoms with Crippen LogP contribution in [0.5, 0.6) is 0 Å². The van der Waals surface area contributed by atoms with Gasteiger partial charge in [-0.3, -0.25) is 0 Å². The van der Waals surface area contributed by atoms with E-state index in [-0.39, 0.29) is 0 Å². The summed E-state index contributed by atoms with van der Waals surface area (Å²) in [5, 5.41) is 4.21. The molecule has 0 saturated carbocycles. The highest BCUT2D eigenvalue weighted by molar-refractivity contribution is 6.30. The zero-order valence-electron chi connectivity index (χ0n) is 10.7. The van der Waals surface area contributed by atoms with Gasteiger partial charge in [-0.05, 0) is 50.1 Å². The van der Waals surface area contributed by atoms with Crippen LogP contribution in [-0.4, -0.2) is 19.1 Å². The normalized spacial score (nSPS) is 19.9. The molecule has 1 aromatic rings. The van der Waals surface area contributed by atoms with Gasteiger partial charge in [0, 0.05) is 29.8 Å². The summed E-state index contributed by atoms with van der Waals surface area (Å²) in [7, 11) is 0. The predicted octanol–water partition coefficient (Wildman–Crippen LogP) is 3.44. The maximum Gasteiger partial charge on any atom is 0.0415 e. The first-order valence-corrected chi connectivity index (χ1v) is 6.86. The monoisotopic (exact) mass is 252 g/mol. The van der Waals surface area contributed by atoms with Gasteiger partial charge >= 0.3 is 0 Å². The average molecular weight is 253 g/mol. The van der Waals surface area contributed by atoms with E-state index in [1.165, 1.54) is 30.6 Å². The Bertz CT molecular complexity index is 378. The molecule has 2 nitrogen and oxygen atoms in total. The molecule has 1 aromatic carbocycles. The van der Waals surface area contributed by atoms with E-state index in [4.69, 9.17) is 11.6 Å². The molecule has 1 heterocycles. The van der Waals surface area contributed by atoms with Gasteiger partial charge in [0.2, 0.25) is 0 Å². The number of anilines is 1. The van der Waals surface area contributed by atoms with Crippen molar-refractivity contribution >= 4 is 17.3 Å². The number of halogens is 1. The lowest BCUT2D eigenvalue weighted by Crippen LogP contribution is -2.28. The van der Waals surface area contributed by atoms with Crippen LogP contribution in [0, 0.1) is 0 Å². The van der Waals surface area contributed by atoms with E-state index in [1.807, 2.05) is 6.07 Å². The minimum absolute atomic E-state index is 0.650. The van der Waals surface area contributed by atoms with E-state index in [0.717, 1.165) is 18.1 Å². The fourth-order valence-corrected chi connectivity index (χ4v) is 2.72. The van der Waals surface area contributed by atoms with Crippen LogP contribution in [-0.2, 0) is 6.54 Å². The summed E-state index contributed by atoms with van der Waals surface area (Å²) in [5.41, 5.74) is 2.66. The highest BCUT2D eigenvalue weighted by atomic mass is 35.5. The number of benzene rings is 1. The second-order valence-corrected chi connectivity index (χ2v) is 5.17. The Balaban J connectivity index is 2.25. The fourth-order valence-electron chi connectivity index (χ4n) is 2.53. The molecule has 1 N–H and O–H groups in total. The Kier molecular flexibility index (Phi) is 4.30. The van der Waals surface area contributed by atoms with Gasteiger partial charge in [0.05, 0.1) is 0 Å². The molecule has 2 rings (SSSR count). The number of nitrogens with one attached hydrogen (secondary N) is 1. The van der Waals surface area contributed by atoms with Crippen LogP contribution >= 0.6 is 11.6 Å². The fraction of sp³-hybridized carbons (Fsp3) is 0.571. The minimum atomic E-state index is 0.650. The molecule has 0 aliphatic carbocycles. The SMILES string of the molecule is CCNCc1cc(Cl)ccc1N1CCCC1C. The lowest BCUT2D eigenvalue weighted by molar-refractivity contribution is 0.706. The molecule has 17 heavy (non-hydrogen) atoms. The third-order valence-corrected chi connectivity index (χ3v) is 3.70. The number of hydrogen-bond acceptors (Lipinski definition) is 2. The van der Waals surface area contributed by atoms with Gasteiger partial charge in [-0.1, -0.05) is 18.5 Å². The molecule has 1 unspecified atom stereocenters. The average Bonchev–Trinajstić information content (AvgIpc) is 2.73. The van der Waals surface area contributed by atoms with Crippen LogP contribution in [0.2, 0.25) is 5.02 Å². The summed E-state index contributed by atoms with van der Waals surface area (Å²) in [6.45, 7) is 7.49. The van der Waals surface area contributed by atoms with Crippen LogP contribution in [0.3, 0.4) is 0 Å². The van der Waals surface area contributed by atoms with Crippen LogP contribution in [0.1, 0.15) is 32.3 Å². The van der Waals surface area contributed by atoms with Crippen molar-refractivity contribution in [2.45, 2.75) is 39.3 Å². The molecule has 0 aromatic heterocycles. The molecule has 0 spiro atoms. The van der Waals surface area contributed by atoms with Gasteiger partial charge in [0.15, 0.2) is 0 Å². The summed E-state index contributed by atoms with van der Waals surface area (Å²) in [6, 6.07) is 6.90. The van der Waals surface area contributed by atoms with Crippen molar-refractivity contribution in [3.63, 3.8) is 0 Å². The molecule has 1 fully saturated rings. The van der Waals surface area contributed by atoms with E-state index < -0.39 is 0 Å². The van der Waals surface area contributed by atoms with Crippen LogP contribution in [0.15, 0.2) is 18.2 Å². The first-order valence-electron chi connectivity index (χ1n) is 6.48. The van der Waals surface area contributed by atoms with Crippen molar-refractivity contribution in [1.29, 1.82) is 0 Å². The maximum atomic E-state index is 6.09. The number of nitrogens with zero attached hydrogens (tertiary/aromatic N) is 1. The van der Waals surface area contributed by atoms with Crippen molar-refractivity contribution in [1.82, 2.24) is 5.32 Å². The first-order chi connectivity index (χ1) is 8.22. The standard InChI is InChI=1S/C14H21ClN2/c1-3-16-10-12-9-13(15)6-7-14(12)17-8-4-5-11(17)2/h6-7,9,11,16H,3-5,8,10H2,1-2H3. The van der Waals surface area contributed by atoms with Crippen LogP contribution < -0.4 is 10.2 Å². The second-order valence-electron chi connectivity index (χ2n) is 4.74. The molecule has 3 heteroatoms. The van der Waals surface area contributed by atoms with Gasteiger partial charge in [0.1, 0.15) is 0 Å². The van der Waals surface area contributed by atoms with Crippen molar-refractivity contribution < 1.29 is 0 Å². The predicted molar refractivity (Wildman–Crippen MR) is 74.9 cm³/mol. The highest BCUT2D eigenvalue weighted by Crippen LogP contribution is 2.30. The third-order valence-electron chi connectivity index (χ3n) is 3.47. The summed E-state index contributed by atoms with van der Waals surface area (Å²) in [5.74, 6) is 0. The van der Waals surface area contributed by atoms with Gasteiger partial charge in [-0.25, -0.2) is 0 Å². The number of rotatable bonds is 4. The van der Waals surface area contributed by atoms with Crippen LogP contribution in [0.4, 0.5) is 5.69 Å².